The van der Waals surface area contributed by atoms with Gasteiger partial charge in [0.25, 0.3) is 0 Å². The van der Waals surface area contributed by atoms with Gasteiger partial charge in [0.05, 0.1) is 12.0 Å². The van der Waals surface area contributed by atoms with Gasteiger partial charge in [-0.3, -0.25) is 4.98 Å². The van der Waals surface area contributed by atoms with Crippen molar-refractivity contribution < 1.29 is 0 Å². The van der Waals surface area contributed by atoms with E-state index in [1.807, 2.05) is 42.5 Å². The molecule has 1 atom stereocenters. The fourth-order valence-electron chi connectivity index (χ4n) is 1.85. The van der Waals surface area contributed by atoms with Gasteiger partial charge in [-0.25, -0.2) is 0 Å². The number of nitriles is 1. The average Bonchev–Trinajstić information content (AvgIpc) is 2.42. The second-order valence-electron chi connectivity index (χ2n) is 3.99. The SMILES string of the molecule is N#CC(CCc1ccncc1)c1ccccc1. The molecule has 2 rings (SSSR count). The number of hydrogen-bond donors (Lipinski definition) is 0. The van der Waals surface area contributed by atoms with Gasteiger partial charge in [-0.1, -0.05) is 30.3 Å². The normalized spacial score (nSPS) is 11.7. The molecule has 0 aliphatic rings. The second-order valence-corrected chi connectivity index (χ2v) is 3.99. The van der Waals surface area contributed by atoms with Gasteiger partial charge in [0.2, 0.25) is 0 Å². The first kappa shape index (κ1) is 11.3. The summed E-state index contributed by atoms with van der Waals surface area (Å²) in [5.74, 6) is -0.0237. The Morgan fingerprint density at radius 3 is 2.41 bits per heavy atom. The van der Waals surface area contributed by atoms with Crippen molar-refractivity contribution in [3.63, 3.8) is 0 Å². The number of pyridine rings is 1. The van der Waals surface area contributed by atoms with Gasteiger partial charge in [-0.2, -0.15) is 5.26 Å². The van der Waals surface area contributed by atoms with Gasteiger partial charge in [0.1, 0.15) is 0 Å². The van der Waals surface area contributed by atoms with E-state index < -0.39 is 0 Å². The van der Waals surface area contributed by atoms with E-state index in [2.05, 4.69) is 11.1 Å². The van der Waals surface area contributed by atoms with Crippen LogP contribution < -0.4 is 0 Å². The molecule has 0 bridgehead atoms. The van der Waals surface area contributed by atoms with Crippen molar-refractivity contribution in [3.05, 3.63) is 66.0 Å². The minimum Gasteiger partial charge on any atom is -0.265 e. The largest absolute Gasteiger partial charge is 0.265 e. The predicted octanol–water partition coefficient (Wildman–Crippen LogP) is 3.32. The highest BCUT2D eigenvalue weighted by molar-refractivity contribution is 5.25. The standard InChI is InChI=1S/C15H14N2/c16-12-15(14-4-2-1-3-5-14)7-6-13-8-10-17-11-9-13/h1-5,8-11,15H,6-7H2. The van der Waals surface area contributed by atoms with Gasteiger partial charge >= 0.3 is 0 Å². The topological polar surface area (TPSA) is 36.7 Å². The molecule has 1 heterocycles. The average molecular weight is 222 g/mol. The molecule has 0 radical (unpaired) electrons. The second kappa shape index (κ2) is 5.81. The maximum atomic E-state index is 9.20. The van der Waals surface area contributed by atoms with Crippen LogP contribution in [0.3, 0.4) is 0 Å². The van der Waals surface area contributed by atoms with Crippen LogP contribution in [0.25, 0.3) is 0 Å². The fraction of sp³-hybridized carbons (Fsp3) is 0.200. The fourth-order valence-corrected chi connectivity index (χ4v) is 1.85. The Morgan fingerprint density at radius 1 is 1.06 bits per heavy atom. The Labute approximate surface area is 102 Å². The third-order valence-corrected chi connectivity index (χ3v) is 2.83. The van der Waals surface area contributed by atoms with Crippen LogP contribution in [0.1, 0.15) is 23.5 Å². The van der Waals surface area contributed by atoms with Gasteiger partial charge in [-0.05, 0) is 36.1 Å². The summed E-state index contributed by atoms with van der Waals surface area (Å²) in [6.07, 6.45) is 5.35. The minimum absolute atomic E-state index is 0.0237. The van der Waals surface area contributed by atoms with E-state index in [9.17, 15) is 5.26 Å². The van der Waals surface area contributed by atoms with Crippen LogP contribution in [0.4, 0.5) is 0 Å². The van der Waals surface area contributed by atoms with E-state index in [-0.39, 0.29) is 5.92 Å². The maximum absolute atomic E-state index is 9.20. The number of benzene rings is 1. The summed E-state index contributed by atoms with van der Waals surface area (Å²) in [5, 5.41) is 9.20. The van der Waals surface area contributed by atoms with Crippen molar-refractivity contribution in [1.29, 1.82) is 5.26 Å². The van der Waals surface area contributed by atoms with Crippen molar-refractivity contribution >= 4 is 0 Å². The molecule has 0 spiro atoms. The van der Waals surface area contributed by atoms with Gasteiger partial charge in [0, 0.05) is 12.4 Å². The Hall–Kier alpha value is -2.14. The molecule has 17 heavy (non-hydrogen) atoms. The Balaban J connectivity index is 2.01. The Morgan fingerprint density at radius 2 is 1.76 bits per heavy atom. The molecule has 0 saturated heterocycles. The molecule has 2 aromatic rings. The molecule has 0 aliphatic heterocycles. The molecule has 2 heteroatoms. The molecule has 0 fully saturated rings. The number of aromatic nitrogens is 1. The third-order valence-electron chi connectivity index (χ3n) is 2.83. The van der Waals surface area contributed by atoms with E-state index in [1.54, 1.807) is 12.4 Å². The van der Waals surface area contributed by atoms with Crippen LogP contribution in [-0.2, 0) is 6.42 Å². The highest BCUT2D eigenvalue weighted by atomic mass is 14.6. The lowest BCUT2D eigenvalue weighted by Crippen LogP contribution is -1.98. The lowest BCUT2D eigenvalue weighted by atomic mass is 9.94. The number of rotatable bonds is 4. The lowest BCUT2D eigenvalue weighted by molar-refractivity contribution is 0.745. The van der Waals surface area contributed by atoms with Gasteiger partial charge in [0.15, 0.2) is 0 Å². The molecule has 1 unspecified atom stereocenters. The van der Waals surface area contributed by atoms with Crippen molar-refractivity contribution in [2.75, 3.05) is 0 Å². The number of aryl methyl sites for hydroxylation is 1. The first-order valence-corrected chi connectivity index (χ1v) is 5.73. The first-order chi connectivity index (χ1) is 8.40. The summed E-state index contributed by atoms with van der Waals surface area (Å²) < 4.78 is 0. The minimum atomic E-state index is -0.0237. The van der Waals surface area contributed by atoms with Gasteiger partial charge < -0.3 is 0 Å². The predicted molar refractivity (Wildman–Crippen MR) is 67.4 cm³/mol. The molecule has 1 aromatic carbocycles. The summed E-state index contributed by atoms with van der Waals surface area (Å²) in [5.41, 5.74) is 2.33. The zero-order valence-electron chi connectivity index (χ0n) is 9.58. The Bertz CT molecular complexity index is 485. The van der Waals surface area contributed by atoms with E-state index in [4.69, 9.17) is 0 Å². The van der Waals surface area contributed by atoms with Crippen LogP contribution in [0, 0.1) is 11.3 Å². The first-order valence-electron chi connectivity index (χ1n) is 5.73. The molecule has 0 aliphatic carbocycles. The molecular weight excluding hydrogens is 208 g/mol. The van der Waals surface area contributed by atoms with E-state index in [0.29, 0.717) is 0 Å². The molecular formula is C15H14N2. The Kier molecular flexibility index (Phi) is 3.88. The van der Waals surface area contributed by atoms with Crippen LogP contribution >= 0.6 is 0 Å². The van der Waals surface area contributed by atoms with Crippen molar-refractivity contribution in [3.8, 4) is 6.07 Å². The number of hydrogen-bond acceptors (Lipinski definition) is 2. The van der Waals surface area contributed by atoms with E-state index >= 15 is 0 Å². The molecule has 0 saturated carbocycles. The van der Waals surface area contributed by atoms with Crippen LogP contribution in [-0.4, -0.2) is 4.98 Å². The molecule has 0 amide bonds. The summed E-state index contributed by atoms with van der Waals surface area (Å²) in [6.45, 7) is 0. The van der Waals surface area contributed by atoms with E-state index in [1.165, 1.54) is 5.56 Å². The molecule has 84 valence electrons. The van der Waals surface area contributed by atoms with Crippen LogP contribution in [0.15, 0.2) is 54.9 Å². The quantitative estimate of drug-likeness (QED) is 0.795. The molecule has 2 nitrogen and oxygen atoms in total. The van der Waals surface area contributed by atoms with Crippen LogP contribution in [0.5, 0.6) is 0 Å². The zero-order chi connectivity index (χ0) is 11.9. The summed E-state index contributed by atoms with van der Waals surface area (Å²) in [7, 11) is 0. The van der Waals surface area contributed by atoms with Crippen molar-refractivity contribution in [1.82, 2.24) is 4.98 Å². The summed E-state index contributed by atoms with van der Waals surface area (Å²) >= 11 is 0. The lowest BCUT2D eigenvalue weighted by Gasteiger charge is -2.08. The maximum Gasteiger partial charge on any atom is 0.0715 e. The summed E-state index contributed by atoms with van der Waals surface area (Å²) in [4.78, 5) is 3.99. The van der Waals surface area contributed by atoms with Crippen molar-refractivity contribution in [2.45, 2.75) is 18.8 Å². The van der Waals surface area contributed by atoms with Gasteiger partial charge in [-0.15, -0.1) is 0 Å². The van der Waals surface area contributed by atoms with Crippen LogP contribution in [0.2, 0.25) is 0 Å². The monoisotopic (exact) mass is 222 g/mol. The number of nitrogens with zero attached hydrogens (tertiary/aromatic N) is 2. The molecule has 0 N–H and O–H groups in total. The van der Waals surface area contributed by atoms with E-state index in [0.717, 1.165) is 18.4 Å². The molecule has 1 aromatic heterocycles. The summed E-state index contributed by atoms with van der Waals surface area (Å²) in [6, 6.07) is 16.3. The third kappa shape index (κ3) is 3.15. The highest BCUT2D eigenvalue weighted by Crippen LogP contribution is 2.20. The zero-order valence-corrected chi connectivity index (χ0v) is 9.58. The van der Waals surface area contributed by atoms with Crippen molar-refractivity contribution in [2.24, 2.45) is 0 Å². The highest BCUT2D eigenvalue weighted by Gasteiger charge is 2.09. The smallest absolute Gasteiger partial charge is 0.0715 e.